The molecule has 4 aromatic rings. The predicted molar refractivity (Wildman–Crippen MR) is 140 cm³/mol. The second kappa shape index (κ2) is 8.61. The Bertz CT molecular complexity index is 1350. The van der Waals surface area contributed by atoms with Crippen molar-refractivity contribution >= 4 is 33.5 Å². The maximum absolute atomic E-state index is 2.62. The Labute approximate surface area is 208 Å². The number of fused-ring (bicyclic) bond motifs is 2. The monoisotopic (exact) mass is 466 g/mol. The fourth-order valence-electron chi connectivity index (χ4n) is 6.15. The lowest BCUT2D eigenvalue weighted by Crippen LogP contribution is -3.04. The summed E-state index contributed by atoms with van der Waals surface area (Å²) in [5.41, 5.74) is 14.0. The molecular formula is C31H31ClN2. The van der Waals surface area contributed by atoms with Gasteiger partial charge in [-0.25, -0.2) is 0 Å². The number of hydrogen-bond donors (Lipinski definition) is 1. The summed E-state index contributed by atoms with van der Waals surface area (Å²) in [5.74, 6) is 0. The maximum atomic E-state index is 2.62. The normalized spacial score (nSPS) is 16.2. The molecule has 1 atom stereocenters. The van der Waals surface area contributed by atoms with Gasteiger partial charge in [0.25, 0.3) is 0 Å². The van der Waals surface area contributed by atoms with Crippen LogP contribution in [0.1, 0.15) is 47.2 Å². The summed E-state index contributed by atoms with van der Waals surface area (Å²) in [4.78, 5) is 4.11. The molecule has 1 aliphatic heterocycles. The molecule has 6 rings (SSSR count). The van der Waals surface area contributed by atoms with E-state index in [9.17, 15) is 0 Å². The first-order chi connectivity index (χ1) is 16.1. The first-order valence-corrected chi connectivity index (χ1v) is 12.2. The van der Waals surface area contributed by atoms with E-state index in [0.29, 0.717) is 0 Å². The van der Waals surface area contributed by atoms with Gasteiger partial charge in [-0.2, -0.15) is 0 Å². The van der Waals surface area contributed by atoms with E-state index in [1.807, 2.05) is 0 Å². The lowest BCUT2D eigenvalue weighted by atomic mass is 10.0. The zero-order valence-corrected chi connectivity index (χ0v) is 21.1. The minimum Gasteiger partial charge on any atom is -1.00 e. The highest BCUT2D eigenvalue weighted by Gasteiger charge is 2.44. The smallest absolute Gasteiger partial charge is 0.170 e. The Kier molecular flexibility index (Phi) is 5.75. The molecule has 0 aromatic heterocycles. The van der Waals surface area contributed by atoms with E-state index in [2.05, 4.69) is 105 Å². The van der Waals surface area contributed by atoms with E-state index < -0.39 is 0 Å². The van der Waals surface area contributed by atoms with E-state index in [1.165, 1.54) is 71.8 Å². The summed E-state index contributed by atoms with van der Waals surface area (Å²) in [6.45, 7) is 10.0. The molecule has 1 unspecified atom stereocenters. The lowest BCUT2D eigenvalue weighted by molar-refractivity contribution is -0.745. The third kappa shape index (κ3) is 3.13. The molecule has 1 heterocycles. The van der Waals surface area contributed by atoms with Crippen molar-refractivity contribution in [2.45, 2.75) is 40.5 Å². The van der Waals surface area contributed by atoms with E-state index >= 15 is 0 Å². The van der Waals surface area contributed by atoms with Crippen molar-refractivity contribution in [3.8, 4) is 0 Å². The van der Waals surface area contributed by atoms with Crippen LogP contribution in [0.25, 0.3) is 22.2 Å². The number of hydrogen-bond acceptors (Lipinski definition) is 1. The number of aryl methyl sites for hydroxylation is 4. The molecule has 0 radical (unpaired) electrons. The van der Waals surface area contributed by atoms with Gasteiger partial charge in [0.2, 0.25) is 0 Å². The van der Waals surface area contributed by atoms with Crippen LogP contribution in [0.2, 0.25) is 0 Å². The number of nitrogens with zero attached hydrogens (tertiary/aromatic N) is 1. The van der Waals surface area contributed by atoms with Crippen LogP contribution in [0.15, 0.2) is 72.8 Å². The Morgan fingerprint density at radius 1 is 0.735 bits per heavy atom. The molecule has 0 saturated heterocycles. The molecule has 0 saturated carbocycles. The summed E-state index contributed by atoms with van der Waals surface area (Å²) in [6, 6.07) is 27.2. The maximum Gasteiger partial charge on any atom is 0.170 e. The number of rotatable bonds is 4. The molecule has 0 spiro atoms. The van der Waals surface area contributed by atoms with Gasteiger partial charge >= 0.3 is 0 Å². The van der Waals surface area contributed by atoms with Gasteiger partial charge in [-0.3, -0.25) is 9.80 Å². The Balaban J connectivity index is 0.00000241. The fraction of sp³-hybridized carbons (Fsp3) is 0.226. The molecule has 0 amide bonds. The topological polar surface area (TPSA) is 7.68 Å². The molecular weight excluding hydrogens is 436 g/mol. The molecule has 1 N–H and O–H groups in total. The van der Waals surface area contributed by atoms with Crippen molar-refractivity contribution in [1.29, 1.82) is 0 Å². The second-order valence-corrected chi connectivity index (χ2v) is 9.40. The van der Waals surface area contributed by atoms with Crippen molar-refractivity contribution in [3.63, 3.8) is 0 Å². The van der Waals surface area contributed by atoms with Gasteiger partial charge in [0.15, 0.2) is 12.4 Å². The highest BCUT2D eigenvalue weighted by atomic mass is 35.5. The third-order valence-corrected chi connectivity index (χ3v) is 7.57. The molecule has 1 aliphatic carbocycles. The van der Waals surface area contributed by atoms with Gasteiger partial charge in [-0.15, -0.1) is 0 Å². The standard InChI is InChI=1S/C31H30N2.ClH/c1-5-22-13-7-11-20(3)28(22)32-19-33(29-21(4)12-8-14-23(29)6-2)31-26-18-10-16-24-15-9-17-25(27(24)26)30(31)32;/h7-18H,5-6,19H2,1-4H3;1H. The number of anilines is 1. The number of para-hydroxylation sites is 2. The summed E-state index contributed by atoms with van der Waals surface area (Å²) in [6.07, 6.45) is 2.08. The summed E-state index contributed by atoms with van der Waals surface area (Å²) in [7, 11) is 0. The van der Waals surface area contributed by atoms with Crippen LogP contribution in [0.5, 0.6) is 0 Å². The predicted octanol–water partition coefficient (Wildman–Crippen LogP) is 3.42. The van der Waals surface area contributed by atoms with Crippen LogP contribution in [0.3, 0.4) is 0 Å². The summed E-state index contributed by atoms with van der Waals surface area (Å²) >= 11 is 0. The van der Waals surface area contributed by atoms with Crippen molar-refractivity contribution in [2.24, 2.45) is 0 Å². The largest absolute Gasteiger partial charge is 1.00 e. The zero-order valence-electron chi connectivity index (χ0n) is 20.4. The number of benzene rings is 4. The molecule has 4 aromatic carbocycles. The van der Waals surface area contributed by atoms with Crippen LogP contribution in [0, 0.1) is 13.8 Å². The Hall–Kier alpha value is -3.07. The quantitative estimate of drug-likeness (QED) is 0.484. The van der Waals surface area contributed by atoms with Crippen molar-refractivity contribution < 1.29 is 17.3 Å². The van der Waals surface area contributed by atoms with E-state index in [4.69, 9.17) is 0 Å². The van der Waals surface area contributed by atoms with E-state index in [-0.39, 0.29) is 12.4 Å². The lowest BCUT2D eigenvalue weighted by Gasteiger charge is -2.27. The molecule has 2 aliphatic rings. The zero-order chi connectivity index (χ0) is 22.7. The molecule has 2 nitrogen and oxygen atoms in total. The van der Waals surface area contributed by atoms with Crippen LogP contribution < -0.4 is 22.2 Å². The van der Waals surface area contributed by atoms with Gasteiger partial charge in [0.05, 0.1) is 5.69 Å². The Morgan fingerprint density at radius 2 is 1.35 bits per heavy atom. The van der Waals surface area contributed by atoms with E-state index in [1.54, 1.807) is 0 Å². The highest BCUT2D eigenvalue weighted by molar-refractivity contribution is 6.15. The molecule has 0 fully saturated rings. The SMILES string of the molecule is CCc1cccc(C)c1N1C[NH+](c2c(C)cccc2CC)C2=C1c1cccc3cccc2c13.[Cl-]. The summed E-state index contributed by atoms with van der Waals surface area (Å²) in [5, 5.41) is 2.74. The number of quaternary nitrogens is 1. The number of nitrogens with one attached hydrogen (secondary N) is 1. The van der Waals surface area contributed by atoms with Crippen LogP contribution in [-0.2, 0) is 12.8 Å². The minimum atomic E-state index is 0. The van der Waals surface area contributed by atoms with Crippen molar-refractivity contribution in [2.75, 3.05) is 11.6 Å². The molecule has 34 heavy (non-hydrogen) atoms. The van der Waals surface area contributed by atoms with Crippen molar-refractivity contribution in [1.82, 2.24) is 0 Å². The third-order valence-electron chi connectivity index (χ3n) is 7.57. The second-order valence-electron chi connectivity index (χ2n) is 9.40. The average molecular weight is 467 g/mol. The average Bonchev–Trinajstić information content (AvgIpc) is 3.37. The first kappa shape index (κ1) is 22.7. The van der Waals surface area contributed by atoms with Crippen LogP contribution in [-0.4, -0.2) is 6.67 Å². The van der Waals surface area contributed by atoms with Gasteiger partial charge < -0.3 is 12.4 Å². The number of halogens is 1. The van der Waals surface area contributed by atoms with E-state index in [0.717, 1.165) is 19.5 Å². The Morgan fingerprint density at radius 3 is 2.06 bits per heavy atom. The van der Waals surface area contributed by atoms with Crippen LogP contribution >= 0.6 is 0 Å². The molecule has 172 valence electrons. The fourth-order valence-corrected chi connectivity index (χ4v) is 6.15. The summed E-state index contributed by atoms with van der Waals surface area (Å²) < 4.78 is 0. The van der Waals surface area contributed by atoms with Crippen LogP contribution in [0.4, 0.5) is 11.4 Å². The van der Waals surface area contributed by atoms with Gasteiger partial charge in [-0.1, -0.05) is 80.6 Å². The van der Waals surface area contributed by atoms with Gasteiger partial charge in [-0.05, 0) is 49.3 Å². The van der Waals surface area contributed by atoms with Gasteiger partial charge in [0.1, 0.15) is 11.4 Å². The first-order valence-electron chi connectivity index (χ1n) is 12.2. The van der Waals surface area contributed by atoms with Gasteiger partial charge in [0, 0.05) is 27.6 Å². The molecule has 0 bridgehead atoms. The minimum absolute atomic E-state index is 0. The molecule has 3 heteroatoms. The highest BCUT2D eigenvalue weighted by Crippen LogP contribution is 2.46. The van der Waals surface area contributed by atoms with Crippen molar-refractivity contribution in [3.05, 3.63) is 106 Å².